The molecule has 0 amide bonds. The summed E-state index contributed by atoms with van der Waals surface area (Å²) >= 11 is 0. The van der Waals surface area contributed by atoms with Crippen molar-refractivity contribution in [1.82, 2.24) is 0 Å². The molecule has 0 N–H and O–H groups in total. The second kappa shape index (κ2) is 15.4. The van der Waals surface area contributed by atoms with Gasteiger partial charge >= 0.3 is 6.16 Å². The quantitative estimate of drug-likeness (QED) is 0.109. The van der Waals surface area contributed by atoms with Crippen molar-refractivity contribution in [3.8, 4) is 18.1 Å². The minimum Gasteiger partial charge on any atom is -0.432 e. The lowest BCUT2D eigenvalue weighted by Crippen LogP contribution is -2.16. The van der Waals surface area contributed by atoms with E-state index in [-0.39, 0.29) is 31.3 Å². The first-order valence-electron chi connectivity index (χ1n) is 8.47. The fourth-order valence-corrected chi connectivity index (χ4v) is 1.74. The van der Waals surface area contributed by atoms with Crippen LogP contribution < -0.4 is 4.74 Å². The summed E-state index contributed by atoms with van der Waals surface area (Å²) < 4.78 is 30.5. The molecule has 0 fully saturated rings. The maximum Gasteiger partial charge on any atom is 0.513 e. The molecule has 0 aromatic heterocycles. The fraction of sp³-hybridized carbons (Fsp3) is 0.500. The predicted molar refractivity (Wildman–Crippen MR) is 97.2 cm³/mol. The van der Waals surface area contributed by atoms with Gasteiger partial charge in [0.25, 0.3) is 5.69 Å². The van der Waals surface area contributed by atoms with Gasteiger partial charge in [0, 0.05) is 12.1 Å². The van der Waals surface area contributed by atoms with Gasteiger partial charge in [0.05, 0.1) is 51.2 Å². The minimum absolute atomic E-state index is 0.00653. The average molecular weight is 397 g/mol. The van der Waals surface area contributed by atoms with Gasteiger partial charge in [0.2, 0.25) is 0 Å². The van der Waals surface area contributed by atoms with Crippen molar-refractivity contribution in [3.63, 3.8) is 0 Å². The standard InChI is InChI=1S/C18H23NO9/c1-2-7-23-8-9-24-10-11-25-12-13-26-14-15-27-18(20)28-17-5-3-16(4-6-17)19(21)22/h1,3-6H,7-15H2. The predicted octanol–water partition coefficient (Wildman–Crippen LogP) is 1.81. The number of hydrogen-bond acceptors (Lipinski definition) is 9. The Kier molecular flexibility index (Phi) is 12.8. The van der Waals surface area contributed by atoms with E-state index >= 15 is 0 Å². The van der Waals surface area contributed by atoms with Crippen molar-refractivity contribution >= 4 is 11.8 Å². The molecule has 10 heteroatoms. The third kappa shape index (κ3) is 11.8. The number of terminal acetylenes is 1. The zero-order valence-electron chi connectivity index (χ0n) is 15.4. The fourth-order valence-electron chi connectivity index (χ4n) is 1.74. The van der Waals surface area contributed by atoms with Crippen LogP contribution in [-0.4, -0.2) is 70.5 Å². The summed E-state index contributed by atoms with van der Waals surface area (Å²) in [5.74, 6) is 2.51. The molecule has 0 aliphatic carbocycles. The van der Waals surface area contributed by atoms with Gasteiger partial charge in [-0.25, -0.2) is 4.79 Å². The van der Waals surface area contributed by atoms with Crippen molar-refractivity contribution < 1.29 is 38.1 Å². The molecule has 0 aliphatic heterocycles. The average Bonchev–Trinajstić information content (AvgIpc) is 2.68. The lowest BCUT2D eigenvalue weighted by Gasteiger charge is -2.08. The summed E-state index contributed by atoms with van der Waals surface area (Å²) in [6.07, 6.45) is 4.11. The Bertz CT molecular complexity index is 612. The van der Waals surface area contributed by atoms with E-state index in [1.807, 2.05) is 0 Å². The number of nitro benzene ring substituents is 1. The zero-order chi connectivity index (χ0) is 20.5. The maximum atomic E-state index is 11.5. The molecule has 0 saturated carbocycles. The van der Waals surface area contributed by atoms with Crippen molar-refractivity contribution in [2.45, 2.75) is 0 Å². The van der Waals surface area contributed by atoms with Crippen LogP contribution in [0.15, 0.2) is 24.3 Å². The Balaban J connectivity index is 1.91. The second-order valence-electron chi connectivity index (χ2n) is 5.05. The summed E-state index contributed by atoms with van der Waals surface area (Å²) in [5, 5.41) is 10.5. The maximum absolute atomic E-state index is 11.5. The van der Waals surface area contributed by atoms with Gasteiger partial charge in [-0.05, 0) is 12.1 Å². The van der Waals surface area contributed by atoms with Gasteiger partial charge in [0.15, 0.2) is 0 Å². The molecule has 0 atom stereocenters. The molecular weight excluding hydrogens is 374 g/mol. The van der Waals surface area contributed by atoms with E-state index in [4.69, 9.17) is 34.8 Å². The summed E-state index contributed by atoms with van der Waals surface area (Å²) in [7, 11) is 0. The van der Waals surface area contributed by atoms with E-state index in [0.717, 1.165) is 0 Å². The summed E-state index contributed by atoms with van der Waals surface area (Å²) in [4.78, 5) is 21.4. The van der Waals surface area contributed by atoms with Crippen LogP contribution in [0.3, 0.4) is 0 Å². The van der Waals surface area contributed by atoms with Gasteiger partial charge in [-0.2, -0.15) is 0 Å². The molecule has 28 heavy (non-hydrogen) atoms. The lowest BCUT2D eigenvalue weighted by molar-refractivity contribution is -0.384. The molecular formula is C18H23NO9. The first-order valence-corrected chi connectivity index (χ1v) is 8.47. The third-order valence-electron chi connectivity index (χ3n) is 3.00. The molecule has 0 saturated heterocycles. The van der Waals surface area contributed by atoms with E-state index in [2.05, 4.69) is 5.92 Å². The number of ether oxygens (including phenoxy) is 6. The Morgan fingerprint density at radius 1 is 0.893 bits per heavy atom. The highest BCUT2D eigenvalue weighted by Gasteiger charge is 2.09. The van der Waals surface area contributed by atoms with E-state index in [0.29, 0.717) is 39.6 Å². The summed E-state index contributed by atoms with van der Waals surface area (Å²) in [5.41, 5.74) is -0.100. The normalized spacial score (nSPS) is 10.2. The van der Waals surface area contributed by atoms with E-state index in [1.165, 1.54) is 24.3 Å². The van der Waals surface area contributed by atoms with Gasteiger partial charge in [-0.15, -0.1) is 6.42 Å². The van der Waals surface area contributed by atoms with E-state index in [1.54, 1.807) is 0 Å². The Morgan fingerprint density at radius 3 is 1.89 bits per heavy atom. The second-order valence-corrected chi connectivity index (χ2v) is 5.05. The highest BCUT2D eigenvalue weighted by molar-refractivity contribution is 5.63. The first kappa shape index (κ1) is 23.3. The number of benzene rings is 1. The molecule has 0 bridgehead atoms. The Morgan fingerprint density at radius 2 is 1.39 bits per heavy atom. The molecule has 0 unspecified atom stereocenters. The molecule has 1 rings (SSSR count). The molecule has 1 aromatic rings. The van der Waals surface area contributed by atoms with Gasteiger partial charge in [-0.3, -0.25) is 10.1 Å². The minimum atomic E-state index is -0.919. The number of hydrogen-bond donors (Lipinski definition) is 0. The van der Waals surface area contributed by atoms with Crippen molar-refractivity contribution in [2.24, 2.45) is 0 Å². The zero-order valence-corrected chi connectivity index (χ0v) is 15.4. The van der Waals surface area contributed by atoms with Crippen LogP contribution in [0.2, 0.25) is 0 Å². The van der Waals surface area contributed by atoms with E-state index in [9.17, 15) is 14.9 Å². The highest BCUT2D eigenvalue weighted by Crippen LogP contribution is 2.17. The number of non-ortho nitro benzene ring substituents is 1. The van der Waals surface area contributed by atoms with Gasteiger partial charge in [0.1, 0.15) is 19.0 Å². The van der Waals surface area contributed by atoms with E-state index < -0.39 is 11.1 Å². The molecule has 0 radical (unpaired) electrons. The van der Waals surface area contributed by atoms with Gasteiger partial charge in [-0.1, -0.05) is 5.92 Å². The summed E-state index contributed by atoms with van der Waals surface area (Å²) in [6.45, 7) is 2.95. The van der Waals surface area contributed by atoms with Crippen LogP contribution in [0.1, 0.15) is 0 Å². The lowest BCUT2D eigenvalue weighted by atomic mass is 10.3. The Labute approximate surface area is 162 Å². The molecule has 1 aromatic carbocycles. The smallest absolute Gasteiger partial charge is 0.432 e. The monoisotopic (exact) mass is 397 g/mol. The number of carbonyl (C=O) groups excluding carboxylic acids is 1. The van der Waals surface area contributed by atoms with Crippen LogP contribution in [0.5, 0.6) is 5.75 Å². The topological polar surface area (TPSA) is 116 Å². The first-order chi connectivity index (χ1) is 13.6. The Hall–Kier alpha value is -2.71. The molecule has 154 valence electrons. The number of rotatable bonds is 15. The van der Waals surface area contributed by atoms with Crippen LogP contribution in [0.25, 0.3) is 0 Å². The molecule has 10 nitrogen and oxygen atoms in total. The van der Waals surface area contributed by atoms with Crippen LogP contribution >= 0.6 is 0 Å². The number of carbonyl (C=O) groups is 1. The largest absolute Gasteiger partial charge is 0.513 e. The van der Waals surface area contributed by atoms with Crippen LogP contribution in [0, 0.1) is 22.5 Å². The third-order valence-corrected chi connectivity index (χ3v) is 3.00. The molecule has 0 spiro atoms. The van der Waals surface area contributed by atoms with Gasteiger partial charge < -0.3 is 28.4 Å². The molecule has 0 aliphatic rings. The number of nitrogens with zero attached hydrogens (tertiary/aromatic N) is 1. The number of nitro groups is 1. The SMILES string of the molecule is C#CCOCCOCCOCCOCCOC(=O)Oc1ccc([N+](=O)[O-])cc1. The summed E-state index contributed by atoms with van der Waals surface area (Å²) in [6, 6.07) is 5.07. The van der Waals surface area contributed by atoms with Crippen molar-refractivity contribution in [2.75, 3.05) is 59.5 Å². The van der Waals surface area contributed by atoms with Crippen LogP contribution in [-0.2, 0) is 23.7 Å². The van der Waals surface area contributed by atoms with Crippen molar-refractivity contribution in [3.05, 3.63) is 34.4 Å². The van der Waals surface area contributed by atoms with Crippen LogP contribution in [0.4, 0.5) is 10.5 Å². The molecule has 0 heterocycles. The highest BCUT2D eigenvalue weighted by atomic mass is 16.7. The van der Waals surface area contributed by atoms with Crippen molar-refractivity contribution in [1.29, 1.82) is 0 Å².